The minimum Gasteiger partial charge on any atom is -0.378 e. The number of aromatic nitrogens is 2. The molecular weight excluding hydrogens is 260 g/mol. The number of nitrogens with one attached hydrogen (secondary N) is 1. The molecule has 0 aliphatic carbocycles. The lowest BCUT2D eigenvalue weighted by molar-refractivity contribution is 0.0300. The van der Waals surface area contributed by atoms with Crippen molar-refractivity contribution in [3.63, 3.8) is 0 Å². The number of rotatable bonds is 5. The molecule has 0 atom stereocenters. The second-order valence-electron chi connectivity index (χ2n) is 4.33. The van der Waals surface area contributed by atoms with Gasteiger partial charge in [-0.25, -0.2) is 4.98 Å². The van der Waals surface area contributed by atoms with Gasteiger partial charge in [-0.1, -0.05) is 5.22 Å². The van der Waals surface area contributed by atoms with E-state index in [1.807, 2.05) is 13.8 Å². The van der Waals surface area contributed by atoms with E-state index in [1.165, 1.54) is 6.33 Å². The van der Waals surface area contributed by atoms with Crippen LogP contribution in [0.1, 0.15) is 24.3 Å². The van der Waals surface area contributed by atoms with E-state index in [4.69, 9.17) is 4.74 Å². The summed E-state index contributed by atoms with van der Waals surface area (Å²) in [5.41, 5.74) is 0.378. The van der Waals surface area contributed by atoms with Crippen LogP contribution in [-0.4, -0.2) is 65.2 Å². The maximum absolute atomic E-state index is 12.3. The summed E-state index contributed by atoms with van der Waals surface area (Å²) in [6.07, 6.45) is 1.46. The van der Waals surface area contributed by atoms with Crippen LogP contribution >= 0.6 is 0 Å². The molecule has 2 heterocycles. The molecule has 1 aromatic rings. The van der Waals surface area contributed by atoms with Gasteiger partial charge in [0.1, 0.15) is 0 Å². The third-order valence-corrected chi connectivity index (χ3v) is 3.13. The number of amides is 1. The molecule has 20 heavy (non-hydrogen) atoms. The Kier molecular flexibility index (Phi) is 5.05. The molecule has 1 saturated heterocycles. The van der Waals surface area contributed by atoms with Gasteiger partial charge in [0.2, 0.25) is 5.82 Å². The van der Waals surface area contributed by atoms with Gasteiger partial charge in [0.15, 0.2) is 5.69 Å². The fraction of sp³-hybridized carbons (Fsp3) is 0.667. The molecule has 1 N–H and O–H groups in total. The van der Waals surface area contributed by atoms with Gasteiger partial charge in [-0.2, -0.15) is 0 Å². The Morgan fingerprint density at radius 3 is 2.80 bits per heavy atom. The number of nitrogens with zero attached hydrogens (tertiary/aromatic N) is 5. The van der Waals surface area contributed by atoms with Gasteiger partial charge >= 0.3 is 0 Å². The highest BCUT2D eigenvalue weighted by Gasteiger charge is 2.23. The number of aromatic amines is 1. The Morgan fingerprint density at radius 1 is 1.45 bits per heavy atom. The molecule has 2 rings (SSSR count). The van der Waals surface area contributed by atoms with Gasteiger partial charge in [0.25, 0.3) is 5.91 Å². The van der Waals surface area contributed by atoms with E-state index in [2.05, 4.69) is 20.3 Å². The lowest BCUT2D eigenvalue weighted by atomic mass is 10.3. The van der Waals surface area contributed by atoms with Crippen LogP contribution in [0.3, 0.4) is 0 Å². The van der Waals surface area contributed by atoms with Crippen LogP contribution in [0.2, 0.25) is 0 Å². The maximum atomic E-state index is 12.3. The molecule has 1 aliphatic heterocycles. The molecule has 1 aliphatic rings. The van der Waals surface area contributed by atoms with Gasteiger partial charge in [-0.05, 0) is 13.8 Å². The summed E-state index contributed by atoms with van der Waals surface area (Å²) < 4.78 is 5.24. The average molecular weight is 280 g/mol. The lowest BCUT2D eigenvalue weighted by Gasteiger charge is -2.26. The number of carbonyl (C=O) groups excluding carboxylic acids is 1. The molecule has 0 radical (unpaired) electrons. The zero-order chi connectivity index (χ0) is 14.4. The first-order valence-electron chi connectivity index (χ1n) is 6.83. The van der Waals surface area contributed by atoms with Gasteiger partial charge in [-0.15, -0.1) is 5.11 Å². The summed E-state index contributed by atoms with van der Waals surface area (Å²) in [6, 6.07) is 0. The van der Waals surface area contributed by atoms with Crippen molar-refractivity contribution in [1.82, 2.24) is 19.9 Å². The molecule has 0 spiro atoms. The van der Waals surface area contributed by atoms with Crippen LogP contribution in [0.15, 0.2) is 16.7 Å². The third-order valence-electron chi connectivity index (χ3n) is 3.13. The summed E-state index contributed by atoms with van der Waals surface area (Å²) in [7, 11) is 0. The molecule has 1 fully saturated rings. The number of H-pyrrole nitrogens is 1. The minimum absolute atomic E-state index is 0.112. The first-order valence-corrected chi connectivity index (χ1v) is 6.83. The van der Waals surface area contributed by atoms with Crippen molar-refractivity contribution in [3.8, 4) is 0 Å². The molecule has 8 nitrogen and oxygen atoms in total. The molecule has 1 aromatic heterocycles. The van der Waals surface area contributed by atoms with Crippen LogP contribution < -0.4 is 0 Å². The fourth-order valence-electron chi connectivity index (χ4n) is 1.90. The molecule has 0 bridgehead atoms. The Balaban J connectivity index is 2.09. The van der Waals surface area contributed by atoms with Crippen molar-refractivity contribution in [3.05, 3.63) is 12.0 Å². The van der Waals surface area contributed by atoms with Crippen molar-refractivity contribution in [2.75, 3.05) is 39.4 Å². The SMILES string of the molecule is CCN(CC)/N=N/c1nc[nH]c1C(=O)N1CCOCC1. The molecule has 110 valence electrons. The minimum atomic E-state index is -0.112. The second-order valence-corrected chi connectivity index (χ2v) is 4.33. The first kappa shape index (κ1) is 14.4. The molecule has 8 heteroatoms. The molecular formula is C12H20N6O2. The quantitative estimate of drug-likeness (QED) is 0.649. The summed E-state index contributed by atoms with van der Waals surface area (Å²) >= 11 is 0. The van der Waals surface area contributed by atoms with Crippen molar-refractivity contribution >= 4 is 11.7 Å². The van der Waals surface area contributed by atoms with Crippen molar-refractivity contribution in [1.29, 1.82) is 0 Å². The fourth-order valence-corrected chi connectivity index (χ4v) is 1.90. The van der Waals surface area contributed by atoms with Gasteiger partial charge in [0.05, 0.1) is 19.5 Å². The lowest BCUT2D eigenvalue weighted by Crippen LogP contribution is -2.40. The summed E-state index contributed by atoms with van der Waals surface area (Å²) in [5.74, 6) is 0.215. The average Bonchev–Trinajstić information content (AvgIpc) is 2.97. The Labute approximate surface area is 117 Å². The Hall–Kier alpha value is -1.96. The van der Waals surface area contributed by atoms with E-state index < -0.39 is 0 Å². The van der Waals surface area contributed by atoms with Crippen LogP contribution in [0.4, 0.5) is 5.82 Å². The van der Waals surface area contributed by atoms with Gasteiger partial charge in [-0.3, -0.25) is 9.80 Å². The Morgan fingerprint density at radius 2 is 2.15 bits per heavy atom. The van der Waals surface area contributed by atoms with Gasteiger partial charge in [0, 0.05) is 26.2 Å². The van der Waals surface area contributed by atoms with E-state index in [1.54, 1.807) is 9.91 Å². The third kappa shape index (κ3) is 3.32. The van der Waals surface area contributed by atoms with Crippen molar-refractivity contribution in [2.24, 2.45) is 10.3 Å². The largest absolute Gasteiger partial charge is 0.378 e. The maximum Gasteiger partial charge on any atom is 0.274 e. The Bertz CT molecular complexity index is 462. The van der Waals surface area contributed by atoms with Crippen molar-refractivity contribution in [2.45, 2.75) is 13.8 Å². The smallest absolute Gasteiger partial charge is 0.274 e. The second kappa shape index (κ2) is 6.99. The summed E-state index contributed by atoms with van der Waals surface area (Å²) in [5, 5.41) is 9.92. The highest BCUT2D eigenvalue weighted by atomic mass is 16.5. The van der Waals surface area contributed by atoms with Crippen molar-refractivity contribution < 1.29 is 9.53 Å². The molecule has 0 unspecified atom stereocenters. The topological polar surface area (TPSA) is 86.2 Å². The van der Waals surface area contributed by atoms with Gasteiger partial charge < -0.3 is 14.6 Å². The highest BCUT2D eigenvalue weighted by Crippen LogP contribution is 2.17. The van der Waals surface area contributed by atoms with E-state index in [0.29, 0.717) is 37.8 Å². The van der Waals surface area contributed by atoms with Crippen LogP contribution in [-0.2, 0) is 4.74 Å². The van der Waals surface area contributed by atoms with E-state index >= 15 is 0 Å². The standard InChI is InChI=1S/C12H20N6O2/c1-3-18(4-2)16-15-11-10(13-9-14-11)12(19)17-5-7-20-8-6-17/h9H,3-8H2,1-2H3,(H,13,14)/b16-15+. The number of hydrogen-bond acceptors (Lipinski definition) is 5. The zero-order valence-corrected chi connectivity index (χ0v) is 11.9. The predicted molar refractivity (Wildman–Crippen MR) is 72.7 cm³/mol. The molecule has 1 amide bonds. The normalized spacial score (nSPS) is 15.8. The molecule has 0 aromatic carbocycles. The monoisotopic (exact) mass is 280 g/mol. The van der Waals surface area contributed by atoms with E-state index in [-0.39, 0.29) is 5.91 Å². The predicted octanol–water partition coefficient (Wildman–Crippen LogP) is 1.22. The first-order chi connectivity index (χ1) is 9.76. The summed E-state index contributed by atoms with van der Waals surface area (Å²) in [4.78, 5) is 21.0. The molecule has 0 saturated carbocycles. The van der Waals surface area contributed by atoms with E-state index in [9.17, 15) is 4.79 Å². The number of hydrogen-bond donors (Lipinski definition) is 1. The van der Waals surface area contributed by atoms with Crippen LogP contribution in [0.5, 0.6) is 0 Å². The number of carbonyl (C=O) groups is 1. The number of morpholine rings is 1. The zero-order valence-electron chi connectivity index (χ0n) is 11.9. The number of imidazole rings is 1. The highest BCUT2D eigenvalue weighted by molar-refractivity contribution is 5.96. The van der Waals surface area contributed by atoms with Crippen LogP contribution in [0.25, 0.3) is 0 Å². The number of ether oxygens (including phenoxy) is 1. The van der Waals surface area contributed by atoms with E-state index in [0.717, 1.165) is 13.1 Å². The summed E-state index contributed by atoms with van der Waals surface area (Å²) in [6.45, 7) is 7.81. The van der Waals surface area contributed by atoms with Crippen LogP contribution in [0, 0.1) is 0 Å².